The van der Waals surface area contributed by atoms with Crippen LogP contribution in [0, 0.1) is 10.1 Å². The maximum Gasteiger partial charge on any atom is 0.280 e. The molecule has 0 atom stereocenters. The van der Waals surface area contributed by atoms with Crippen LogP contribution in [-0.4, -0.2) is 29.7 Å². The minimum atomic E-state index is -0.364. The standard InChI is InChI=1S/C18H19N3O3.ClH/c1-2-11-24-12-10-19-18-13-6-3-4-7-14(13)20-15-8-5-9-16(17(15)18)21(22)23;/h3-9H,2,10-12H2,1H3,(H,19,20);1H. The van der Waals surface area contributed by atoms with Crippen molar-refractivity contribution in [3.05, 3.63) is 52.6 Å². The van der Waals surface area contributed by atoms with Gasteiger partial charge in [0.15, 0.2) is 0 Å². The zero-order valence-corrected chi connectivity index (χ0v) is 14.7. The van der Waals surface area contributed by atoms with Crippen LogP contribution in [0.1, 0.15) is 13.3 Å². The number of hydrogen-bond acceptors (Lipinski definition) is 5. The molecule has 0 radical (unpaired) electrons. The fourth-order valence-corrected chi connectivity index (χ4v) is 2.75. The van der Waals surface area contributed by atoms with Crippen LogP contribution in [0.15, 0.2) is 42.5 Å². The Morgan fingerprint density at radius 2 is 1.88 bits per heavy atom. The summed E-state index contributed by atoms with van der Waals surface area (Å²) >= 11 is 0. The molecule has 1 aromatic heterocycles. The second-order valence-corrected chi connectivity index (χ2v) is 5.47. The number of para-hydroxylation sites is 1. The molecule has 1 N–H and O–H groups in total. The number of anilines is 1. The van der Waals surface area contributed by atoms with Gasteiger partial charge in [-0.05, 0) is 18.6 Å². The summed E-state index contributed by atoms with van der Waals surface area (Å²) in [7, 11) is 0. The van der Waals surface area contributed by atoms with E-state index in [0.717, 1.165) is 23.0 Å². The van der Waals surface area contributed by atoms with Crippen LogP contribution >= 0.6 is 12.4 Å². The number of hydrogen-bond donors (Lipinski definition) is 1. The predicted octanol–water partition coefficient (Wildman–Crippen LogP) is 4.56. The number of ether oxygens (including phenoxy) is 1. The van der Waals surface area contributed by atoms with Crippen molar-refractivity contribution in [3.63, 3.8) is 0 Å². The van der Waals surface area contributed by atoms with Gasteiger partial charge in [-0.2, -0.15) is 0 Å². The maximum atomic E-state index is 11.4. The number of fused-ring (bicyclic) bond motifs is 2. The van der Waals surface area contributed by atoms with Crippen LogP contribution in [-0.2, 0) is 4.74 Å². The number of nitrogens with one attached hydrogen (secondary N) is 1. The molecule has 3 aromatic rings. The summed E-state index contributed by atoms with van der Waals surface area (Å²) in [6.45, 7) is 3.89. The van der Waals surface area contributed by atoms with Crippen LogP contribution < -0.4 is 5.32 Å². The van der Waals surface area contributed by atoms with E-state index in [0.29, 0.717) is 30.7 Å². The Kier molecular flexibility index (Phi) is 6.50. The number of rotatable bonds is 7. The first-order valence-electron chi connectivity index (χ1n) is 8.00. The first-order chi connectivity index (χ1) is 11.7. The van der Waals surface area contributed by atoms with Gasteiger partial charge in [-0.15, -0.1) is 12.4 Å². The summed E-state index contributed by atoms with van der Waals surface area (Å²) in [5.74, 6) is 0. The Bertz CT molecular complexity index is 886. The molecule has 0 saturated heterocycles. The van der Waals surface area contributed by atoms with E-state index in [2.05, 4.69) is 17.2 Å². The lowest BCUT2D eigenvalue weighted by molar-refractivity contribution is -0.383. The van der Waals surface area contributed by atoms with E-state index in [4.69, 9.17) is 4.74 Å². The van der Waals surface area contributed by atoms with Gasteiger partial charge in [0.1, 0.15) is 5.39 Å². The fourth-order valence-electron chi connectivity index (χ4n) is 2.75. The van der Waals surface area contributed by atoms with Crippen LogP contribution in [0.2, 0.25) is 0 Å². The number of nitro groups is 1. The summed E-state index contributed by atoms with van der Waals surface area (Å²) in [6, 6.07) is 12.6. The average Bonchev–Trinajstić information content (AvgIpc) is 2.60. The Balaban J connectivity index is 0.00000225. The highest BCUT2D eigenvalue weighted by atomic mass is 35.5. The Morgan fingerprint density at radius 1 is 1.12 bits per heavy atom. The molecule has 3 rings (SSSR count). The second kappa shape index (κ2) is 8.60. The minimum Gasteiger partial charge on any atom is -0.381 e. The molecule has 25 heavy (non-hydrogen) atoms. The Morgan fingerprint density at radius 3 is 2.64 bits per heavy atom. The highest BCUT2D eigenvalue weighted by Gasteiger charge is 2.18. The van der Waals surface area contributed by atoms with Crippen molar-refractivity contribution < 1.29 is 9.66 Å². The van der Waals surface area contributed by atoms with Crippen molar-refractivity contribution in [2.75, 3.05) is 25.1 Å². The lowest BCUT2D eigenvalue weighted by Gasteiger charge is -2.13. The first-order valence-corrected chi connectivity index (χ1v) is 8.00. The molecule has 132 valence electrons. The van der Waals surface area contributed by atoms with Gasteiger partial charge in [-0.25, -0.2) is 4.98 Å². The molecule has 0 aliphatic carbocycles. The van der Waals surface area contributed by atoms with Crippen molar-refractivity contribution in [2.24, 2.45) is 0 Å². The topological polar surface area (TPSA) is 77.3 Å². The molecule has 0 unspecified atom stereocenters. The number of non-ortho nitro benzene ring substituents is 1. The molecule has 2 aromatic carbocycles. The molecule has 6 nitrogen and oxygen atoms in total. The Hall–Kier alpha value is -2.44. The quantitative estimate of drug-likeness (QED) is 0.289. The van der Waals surface area contributed by atoms with Crippen molar-refractivity contribution >= 4 is 45.6 Å². The van der Waals surface area contributed by atoms with Gasteiger partial charge >= 0.3 is 0 Å². The zero-order chi connectivity index (χ0) is 16.9. The van der Waals surface area contributed by atoms with E-state index in [1.54, 1.807) is 12.1 Å². The van der Waals surface area contributed by atoms with Crippen molar-refractivity contribution in [1.82, 2.24) is 4.98 Å². The van der Waals surface area contributed by atoms with E-state index in [1.165, 1.54) is 6.07 Å². The number of halogens is 1. The third kappa shape index (κ3) is 3.97. The Labute approximate surface area is 151 Å². The first kappa shape index (κ1) is 18.9. The van der Waals surface area contributed by atoms with E-state index in [-0.39, 0.29) is 23.0 Å². The second-order valence-electron chi connectivity index (χ2n) is 5.47. The molecule has 0 fully saturated rings. The highest BCUT2D eigenvalue weighted by molar-refractivity contribution is 6.11. The normalized spacial score (nSPS) is 10.6. The predicted molar refractivity (Wildman–Crippen MR) is 103 cm³/mol. The van der Waals surface area contributed by atoms with Crippen LogP contribution in [0.5, 0.6) is 0 Å². The number of aromatic nitrogens is 1. The number of benzene rings is 2. The van der Waals surface area contributed by atoms with Crippen LogP contribution in [0.4, 0.5) is 11.4 Å². The van der Waals surface area contributed by atoms with Crippen LogP contribution in [0.3, 0.4) is 0 Å². The van der Waals surface area contributed by atoms with Crippen molar-refractivity contribution in [2.45, 2.75) is 13.3 Å². The smallest absolute Gasteiger partial charge is 0.280 e. The van der Waals surface area contributed by atoms with E-state index in [1.807, 2.05) is 24.3 Å². The summed E-state index contributed by atoms with van der Waals surface area (Å²) in [5, 5.41) is 16.2. The summed E-state index contributed by atoms with van der Waals surface area (Å²) in [5.41, 5.74) is 2.22. The molecule has 0 aliphatic rings. The molecular weight excluding hydrogens is 342 g/mol. The molecule has 0 aliphatic heterocycles. The number of nitrogens with zero attached hydrogens (tertiary/aromatic N) is 2. The molecule has 0 saturated carbocycles. The maximum absolute atomic E-state index is 11.4. The summed E-state index contributed by atoms with van der Waals surface area (Å²) < 4.78 is 5.49. The molecular formula is C18H20ClN3O3. The van der Waals surface area contributed by atoms with Gasteiger partial charge in [0.2, 0.25) is 0 Å². The molecule has 0 bridgehead atoms. The molecule has 1 heterocycles. The third-order valence-electron chi connectivity index (χ3n) is 3.78. The number of pyridine rings is 1. The van der Waals surface area contributed by atoms with Crippen LogP contribution in [0.25, 0.3) is 21.8 Å². The van der Waals surface area contributed by atoms with Crippen molar-refractivity contribution in [1.29, 1.82) is 0 Å². The SMILES string of the molecule is CCCOCCNc1c2ccccc2nc2cccc([N+](=O)[O-])c12.Cl. The van der Waals surface area contributed by atoms with Gasteiger partial charge in [-0.1, -0.05) is 31.2 Å². The van der Waals surface area contributed by atoms with E-state index >= 15 is 0 Å². The van der Waals surface area contributed by atoms with E-state index in [9.17, 15) is 10.1 Å². The summed E-state index contributed by atoms with van der Waals surface area (Å²) in [4.78, 5) is 15.6. The minimum absolute atomic E-state index is 0. The lowest BCUT2D eigenvalue weighted by atomic mass is 10.1. The lowest BCUT2D eigenvalue weighted by Crippen LogP contribution is -2.11. The van der Waals surface area contributed by atoms with Gasteiger partial charge in [0, 0.05) is 24.6 Å². The van der Waals surface area contributed by atoms with Gasteiger partial charge in [0.05, 0.1) is 28.3 Å². The summed E-state index contributed by atoms with van der Waals surface area (Å²) in [6.07, 6.45) is 0.965. The average molecular weight is 362 g/mol. The largest absolute Gasteiger partial charge is 0.381 e. The van der Waals surface area contributed by atoms with Gasteiger partial charge in [0.25, 0.3) is 5.69 Å². The van der Waals surface area contributed by atoms with E-state index < -0.39 is 0 Å². The zero-order valence-electron chi connectivity index (χ0n) is 13.9. The monoisotopic (exact) mass is 361 g/mol. The van der Waals surface area contributed by atoms with Gasteiger partial charge < -0.3 is 10.1 Å². The van der Waals surface area contributed by atoms with Gasteiger partial charge in [-0.3, -0.25) is 10.1 Å². The third-order valence-corrected chi connectivity index (χ3v) is 3.78. The highest BCUT2D eigenvalue weighted by Crippen LogP contribution is 2.36. The number of nitro benzene ring substituents is 1. The fraction of sp³-hybridized carbons (Fsp3) is 0.278. The molecule has 7 heteroatoms. The molecule has 0 spiro atoms. The van der Waals surface area contributed by atoms with Crippen molar-refractivity contribution in [3.8, 4) is 0 Å². The molecule has 0 amide bonds.